The number of rotatable bonds is 8. The summed E-state index contributed by atoms with van der Waals surface area (Å²) < 4.78 is 5.25. The molecule has 2 N–H and O–H groups in total. The molecule has 1 fully saturated rings. The number of hydrogen-bond acceptors (Lipinski definition) is 6. The molecular weight excluding hydrogens is 369 g/mol. The van der Waals surface area contributed by atoms with Gasteiger partial charge in [-0.2, -0.15) is 0 Å². The van der Waals surface area contributed by atoms with E-state index in [1.807, 2.05) is 0 Å². The van der Waals surface area contributed by atoms with E-state index in [0.29, 0.717) is 42.0 Å². The summed E-state index contributed by atoms with van der Waals surface area (Å²) in [6, 6.07) is 3.58. The van der Waals surface area contributed by atoms with E-state index in [0.717, 1.165) is 13.1 Å². The van der Waals surface area contributed by atoms with Crippen molar-refractivity contribution in [2.24, 2.45) is 0 Å². The van der Waals surface area contributed by atoms with Crippen molar-refractivity contribution in [1.82, 2.24) is 10.2 Å². The second kappa shape index (κ2) is 9.94. The molecule has 138 valence electrons. The van der Waals surface area contributed by atoms with Crippen LogP contribution in [-0.2, 0) is 14.3 Å². The third kappa shape index (κ3) is 6.80. The number of ether oxygens (including phenoxy) is 1. The Morgan fingerprint density at radius 3 is 2.60 bits per heavy atom. The van der Waals surface area contributed by atoms with Gasteiger partial charge in [0.1, 0.15) is 0 Å². The van der Waals surface area contributed by atoms with Gasteiger partial charge in [-0.1, -0.05) is 23.2 Å². The first kappa shape index (κ1) is 19.9. The Morgan fingerprint density at radius 2 is 1.96 bits per heavy atom. The second-order valence-corrected chi connectivity index (χ2v) is 6.48. The largest absolute Gasteiger partial charge is 0.548 e. The molecule has 0 spiro atoms. The van der Waals surface area contributed by atoms with Gasteiger partial charge in [0.25, 0.3) is 0 Å². The van der Waals surface area contributed by atoms with Gasteiger partial charge < -0.3 is 25.3 Å². The highest BCUT2D eigenvalue weighted by molar-refractivity contribution is 6.42. The number of halogens is 2. The Hall–Kier alpha value is -1.38. The Balaban J connectivity index is 1.79. The number of nitrogens with zero attached hydrogens (tertiary/aromatic N) is 1. The molecule has 1 amide bonds. The van der Waals surface area contributed by atoms with Crippen LogP contribution in [-0.4, -0.2) is 62.2 Å². The van der Waals surface area contributed by atoms with Gasteiger partial charge in [-0.15, -0.1) is 0 Å². The Morgan fingerprint density at radius 1 is 1.24 bits per heavy atom. The monoisotopic (exact) mass is 388 g/mol. The van der Waals surface area contributed by atoms with Crippen molar-refractivity contribution in [2.45, 2.75) is 12.5 Å². The third-order valence-electron chi connectivity index (χ3n) is 3.80. The number of amides is 1. The van der Waals surface area contributed by atoms with Crippen LogP contribution in [0.15, 0.2) is 18.2 Å². The van der Waals surface area contributed by atoms with Crippen molar-refractivity contribution in [3.05, 3.63) is 28.2 Å². The summed E-state index contributed by atoms with van der Waals surface area (Å²) in [5.41, 5.74) is 0.449. The van der Waals surface area contributed by atoms with Crippen LogP contribution in [0.4, 0.5) is 5.69 Å². The molecule has 1 heterocycles. The average molecular weight is 389 g/mol. The van der Waals surface area contributed by atoms with E-state index < -0.39 is 17.9 Å². The minimum absolute atomic E-state index is 0.244. The summed E-state index contributed by atoms with van der Waals surface area (Å²) in [6.45, 7) is 4.11. The Bertz CT molecular complexity index is 609. The summed E-state index contributed by atoms with van der Waals surface area (Å²) >= 11 is 11.7. The van der Waals surface area contributed by atoms with Crippen molar-refractivity contribution in [1.29, 1.82) is 0 Å². The summed E-state index contributed by atoms with van der Waals surface area (Å²) in [7, 11) is 0. The topological polar surface area (TPSA) is 93.7 Å². The Kier molecular flexibility index (Phi) is 7.92. The molecule has 1 aliphatic heterocycles. The zero-order chi connectivity index (χ0) is 18.2. The van der Waals surface area contributed by atoms with Crippen LogP contribution in [0, 0.1) is 0 Å². The summed E-state index contributed by atoms with van der Waals surface area (Å²) in [4.78, 5) is 25.5. The van der Waals surface area contributed by atoms with Crippen molar-refractivity contribution >= 4 is 40.8 Å². The smallest absolute Gasteiger partial charge is 0.226 e. The van der Waals surface area contributed by atoms with Crippen LogP contribution in [0.3, 0.4) is 0 Å². The van der Waals surface area contributed by atoms with Gasteiger partial charge in [0, 0.05) is 38.3 Å². The standard InChI is InChI=1S/C16H21Cl2N3O4/c17-12-2-1-11(9-13(12)18)20-15(22)10-14(16(23)24)19-3-4-21-5-7-25-8-6-21/h1-2,9,14,19H,3-8,10H2,(H,20,22)(H,23,24)/p-1. The lowest BCUT2D eigenvalue weighted by Crippen LogP contribution is -2.50. The summed E-state index contributed by atoms with van der Waals surface area (Å²) in [6.07, 6.45) is -0.244. The number of carboxylic acids is 1. The maximum absolute atomic E-state index is 12.0. The van der Waals surface area contributed by atoms with Crippen LogP contribution in [0.2, 0.25) is 10.0 Å². The fraction of sp³-hybridized carbons (Fsp3) is 0.500. The number of nitrogens with one attached hydrogen (secondary N) is 2. The minimum Gasteiger partial charge on any atom is -0.548 e. The molecule has 7 nitrogen and oxygen atoms in total. The molecule has 1 aliphatic rings. The van der Waals surface area contributed by atoms with Crippen LogP contribution in [0.5, 0.6) is 0 Å². The van der Waals surface area contributed by atoms with Gasteiger partial charge >= 0.3 is 0 Å². The fourth-order valence-corrected chi connectivity index (χ4v) is 2.73. The number of carbonyl (C=O) groups excluding carboxylic acids is 2. The first-order valence-electron chi connectivity index (χ1n) is 7.95. The van der Waals surface area contributed by atoms with Crippen LogP contribution >= 0.6 is 23.2 Å². The molecule has 1 aromatic carbocycles. The molecule has 1 unspecified atom stereocenters. The van der Waals surface area contributed by atoms with E-state index in [9.17, 15) is 14.7 Å². The maximum atomic E-state index is 12.0. The Labute approximate surface area is 156 Å². The zero-order valence-corrected chi connectivity index (χ0v) is 15.1. The van der Waals surface area contributed by atoms with E-state index in [2.05, 4.69) is 15.5 Å². The lowest BCUT2D eigenvalue weighted by Gasteiger charge is -2.27. The van der Waals surface area contributed by atoms with Crippen LogP contribution < -0.4 is 15.7 Å². The number of aliphatic carboxylic acids is 1. The van der Waals surface area contributed by atoms with Gasteiger partial charge in [0.15, 0.2) is 0 Å². The molecule has 1 aromatic rings. The van der Waals surface area contributed by atoms with E-state index >= 15 is 0 Å². The average Bonchev–Trinajstić information content (AvgIpc) is 2.58. The first-order chi connectivity index (χ1) is 12.0. The van der Waals surface area contributed by atoms with Gasteiger partial charge in [-0.05, 0) is 18.2 Å². The van der Waals surface area contributed by atoms with Gasteiger partial charge in [0.2, 0.25) is 5.91 Å². The highest BCUT2D eigenvalue weighted by Crippen LogP contribution is 2.25. The van der Waals surface area contributed by atoms with E-state index in [-0.39, 0.29) is 6.42 Å². The molecule has 0 saturated carbocycles. The number of anilines is 1. The van der Waals surface area contributed by atoms with Crippen molar-refractivity contribution < 1.29 is 19.4 Å². The third-order valence-corrected chi connectivity index (χ3v) is 4.54. The zero-order valence-electron chi connectivity index (χ0n) is 13.6. The normalized spacial score (nSPS) is 16.4. The van der Waals surface area contributed by atoms with Gasteiger partial charge in [-0.3, -0.25) is 9.69 Å². The lowest BCUT2D eigenvalue weighted by atomic mass is 10.2. The van der Waals surface area contributed by atoms with E-state index in [4.69, 9.17) is 27.9 Å². The fourth-order valence-electron chi connectivity index (χ4n) is 2.43. The van der Waals surface area contributed by atoms with Gasteiger partial charge in [0.05, 0.1) is 35.3 Å². The van der Waals surface area contributed by atoms with Crippen molar-refractivity contribution in [2.75, 3.05) is 44.7 Å². The number of benzene rings is 1. The highest BCUT2D eigenvalue weighted by Gasteiger charge is 2.16. The van der Waals surface area contributed by atoms with Crippen LogP contribution in [0.25, 0.3) is 0 Å². The number of carboxylic acid groups (broad SMARTS) is 1. The molecule has 0 bridgehead atoms. The molecule has 0 aliphatic carbocycles. The second-order valence-electron chi connectivity index (χ2n) is 5.66. The van der Waals surface area contributed by atoms with Crippen LogP contribution in [0.1, 0.15) is 6.42 Å². The highest BCUT2D eigenvalue weighted by atomic mass is 35.5. The quantitative estimate of drug-likeness (QED) is 0.667. The van der Waals surface area contributed by atoms with E-state index in [1.165, 1.54) is 6.07 Å². The summed E-state index contributed by atoms with van der Waals surface area (Å²) in [5, 5.41) is 17.4. The molecule has 25 heavy (non-hydrogen) atoms. The van der Waals surface area contributed by atoms with E-state index in [1.54, 1.807) is 12.1 Å². The SMILES string of the molecule is O=C(CC(NCCN1CCOCC1)C(=O)[O-])Nc1ccc(Cl)c(Cl)c1. The predicted octanol–water partition coefficient (Wildman–Crippen LogP) is 0.362. The number of morpholine rings is 1. The molecule has 1 saturated heterocycles. The molecule has 2 rings (SSSR count). The molecule has 0 radical (unpaired) electrons. The first-order valence-corrected chi connectivity index (χ1v) is 8.70. The minimum atomic E-state index is -1.31. The van der Waals surface area contributed by atoms with Crippen molar-refractivity contribution in [3.63, 3.8) is 0 Å². The predicted molar refractivity (Wildman–Crippen MR) is 93.8 cm³/mol. The molecule has 0 aromatic heterocycles. The molecule has 9 heteroatoms. The number of carbonyl (C=O) groups is 2. The lowest BCUT2D eigenvalue weighted by molar-refractivity contribution is -0.308. The van der Waals surface area contributed by atoms with Crippen molar-refractivity contribution in [3.8, 4) is 0 Å². The maximum Gasteiger partial charge on any atom is 0.226 e. The number of hydrogen-bond donors (Lipinski definition) is 2. The summed E-state index contributed by atoms with van der Waals surface area (Å²) in [5.74, 6) is -1.77. The molecule has 1 atom stereocenters. The van der Waals surface area contributed by atoms with Gasteiger partial charge in [-0.25, -0.2) is 0 Å². The molecular formula is C16H20Cl2N3O4-.